The van der Waals surface area contributed by atoms with Gasteiger partial charge in [-0.2, -0.15) is 0 Å². The molecule has 8 nitrogen and oxygen atoms in total. The second-order valence-electron chi connectivity index (χ2n) is 8.37. The predicted octanol–water partition coefficient (Wildman–Crippen LogP) is 3.46. The molecule has 3 heterocycles. The van der Waals surface area contributed by atoms with Crippen LogP contribution in [0.2, 0.25) is 0 Å². The van der Waals surface area contributed by atoms with Gasteiger partial charge in [0.1, 0.15) is 6.04 Å². The minimum absolute atomic E-state index is 0.162. The molecule has 0 amide bonds. The highest BCUT2D eigenvalue weighted by Crippen LogP contribution is 2.38. The van der Waals surface area contributed by atoms with Crippen LogP contribution in [0.25, 0.3) is 0 Å². The van der Waals surface area contributed by atoms with Gasteiger partial charge >= 0.3 is 0 Å². The number of aromatic nitrogens is 4. The third-order valence-corrected chi connectivity index (χ3v) is 6.36. The number of hydrogen-bond donors (Lipinski definition) is 0. The first kappa shape index (κ1) is 20.8. The lowest BCUT2D eigenvalue weighted by Crippen LogP contribution is -2.41. The molecule has 0 saturated carbocycles. The summed E-state index contributed by atoms with van der Waals surface area (Å²) in [5.41, 5.74) is 3.30. The summed E-state index contributed by atoms with van der Waals surface area (Å²) in [6.07, 6.45) is 0. The fraction of sp³-hybridized carbons (Fsp3) is 0.269. The lowest BCUT2D eigenvalue weighted by molar-refractivity contribution is 0.0215. The first-order valence-corrected chi connectivity index (χ1v) is 11.5. The molecule has 0 unspecified atom stereocenters. The standard InChI is InChI=1S/C26H25N5O3/c1-3-7-19(8-4-1)24(20-9-5-2-6-10-20)31-26(27-28-29-31)25(30-13-15-32-16-14-30)21-11-12-22-23(17-21)34-18-33-22/h1-12,17,24-25H,13-16,18H2/t25-/m1/s1. The molecule has 8 heteroatoms. The summed E-state index contributed by atoms with van der Waals surface area (Å²) in [5.74, 6) is 2.28. The normalized spacial score (nSPS) is 16.6. The van der Waals surface area contributed by atoms with E-state index in [1.54, 1.807) is 0 Å². The maximum Gasteiger partial charge on any atom is 0.231 e. The van der Waals surface area contributed by atoms with Crippen molar-refractivity contribution in [3.05, 3.63) is 101 Å². The fourth-order valence-corrected chi connectivity index (χ4v) is 4.75. The first-order chi connectivity index (χ1) is 16.9. The van der Waals surface area contributed by atoms with Crippen LogP contribution in [0.15, 0.2) is 78.9 Å². The van der Waals surface area contributed by atoms with Crippen molar-refractivity contribution in [1.29, 1.82) is 0 Å². The van der Waals surface area contributed by atoms with Gasteiger partial charge in [-0.25, -0.2) is 4.68 Å². The number of hydrogen-bond acceptors (Lipinski definition) is 7. The zero-order chi connectivity index (χ0) is 22.7. The summed E-state index contributed by atoms with van der Waals surface area (Å²) >= 11 is 0. The molecular formula is C26H25N5O3. The number of fused-ring (bicyclic) bond motifs is 1. The molecule has 2 aliphatic heterocycles. The third-order valence-electron chi connectivity index (χ3n) is 6.36. The molecule has 172 valence electrons. The Bertz CT molecular complexity index is 1200. The molecule has 1 fully saturated rings. The smallest absolute Gasteiger partial charge is 0.231 e. The van der Waals surface area contributed by atoms with Gasteiger partial charge in [0.15, 0.2) is 17.3 Å². The zero-order valence-electron chi connectivity index (χ0n) is 18.7. The second-order valence-corrected chi connectivity index (χ2v) is 8.37. The molecule has 1 saturated heterocycles. The van der Waals surface area contributed by atoms with Gasteiger partial charge in [-0.3, -0.25) is 4.90 Å². The Balaban J connectivity index is 1.49. The average molecular weight is 456 g/mol. The van der Waals surface area contributed by atoms with Crippen molar-refractivity contribution in [2.45, 2.75) is 12.1 Å². The van der Waals surface area contributed by atoms with Crippen LogP contribution >= 0.6 is 0 Å². The third kappa shape index (κ3) is 3.91. The van der Waals surface area contributed by atoms with E-state index in [9.17, 15) is 0 Å². The monoisotopic (exact) mass is 455 g/mol. The molecule has 6 rings (SSSR count). The van der Waals surface area contributed by atoms with Gasteiger partial charge in [0.2, 0.25) is 6.79 Å². The van der Waals surface area contributed by atoms with Crippen molar-refractivity contribution < 1.29 is 14.2 Å². The van der Waals surface area contributed by atoms with Crippen LogP contribution in [-0.4, -0.2) is 58.2 Å². The molecule has 0 spiro atoms. The Morgan fingerprint density at radius 1 is 0.706 bits per heavy atom. The Kier molecular flexibility index (Phi) is 5.66. The molecule has 3 aromatic carbocycles. The number of morpholine rings is 1. The highest BCUT2D eigenvalue weighted by atomic mass is 16.7. The molecule has 0 aliphatic carbocycles. The molecule has 1 aromatic heterocycles. The zero-order valence-corrected chi connectivity index (χ0v) is 18.7. The highest BCUT2D eigenvalue weighted by molar-refractivity contribution is 5.46. The summed E-state index contributed by atoms with van der Waals surface area (Å²) in [7, 11) is 0. The summed E-state index contributed by atoms with van der Waals surface area (Å²) in [5, 5.41) is 13.3. The van der Waals surface area contributed by atoms with Crippen LogP contribution in [0.1, 0.15) is 34.6 Å². The predicted molar refractivity (Wildman–Crippen MR) is 125 cm³/mol. The second kappa shape index (κ2) is 9.24. The number of tetrazole rings is 1. The van der Waals surface area contributed by atoms with Gasteiger partial charge in [0.25, 0.3) is 0 Å². The van der Waals surface area contributed by atoms with E-state index in [-0.39, 0.29) is 18.9 Å². The molecule has 34 heavy (non-hydrogen) atoms. The highest BCUT2D eigenvalue weighted by Gasteiger charge is 2.33. The van der Waals surface area contributed by atoms with Crippen molar-refractivity contribution in [1.82, 2.24) is 25.1 Å². The SMILES string of the molecule is c1ccc(C(c2ccccc2)n2nnnc2[C@@H](c2ccc3c(c2)OCO3)N2CCOCC2)cc1. The summed E-state index contributed by atoms with van der Waals surface area (Å²) in [6.45, 7) is 3.15. The largest absolute Gasteiger partial charge is 0.454 e. The van der Waals surface area contributed by atoms with Crippen LogP contribution in [-0.2, 0) is 4.74 Å². The van der Waals surface area contributed by atoms with E-state index < -0.39 is 0 Å². The van der Waals surface area contributed by atoms with E-state index in [2.05, 4.69) is 50.8 Å². The first-order valence-electron chi connectivity index (χ1n) is 11.5. The van der Waals surface area contributed by atoms with Gasteiger partial charge in [-0.05, 0) is 39.2 Å². The van der Waals surface area contributed by atoms with Crippen LogP contribution in [0, 0.1) is 0 Å². The summed E-state index contributed by atoms with van der Waals surface area (Å²) in [6, 6.07) is 26.5. The van der Waals surface area contributed by atoms with Gasteiger partial charge in [0, 0.05) is 13.1 Å². The topological polar surface area (TPSA) is 74.5 Å². The van der Waals surface area contributed by atoms with E-state index in [1.165, 1.54) is 0 Å². The lowest BCUT2D eigenvalue weighted by Gasteiger charge is -2.34. The minimum Gasteiger partial charge on any atom is -0.454 e. The average Bonchev–Trinajstić information content (AvgIpc) is 3.56. The van der Waals surface area contributed by atoms with Crippen LogP contribution in [0.4, 0.5) is 0 Å². The fourth-order valence-electron chi connectivity index (χ4n) is 4.75. The van der Waals surface area contributed by atoms with Crippen LogP contribution in [0.3, 0.4) is 0 Å². The van der Waals surface area contributed by atoms with Gasteiger partial charge in [-0.1, -0.05) is 66.7 Å². The molecule has 1 atom stereocenters. The number of nitrogens with zero attached hydrogens (tertiary/aromatic N) is 5. The Morgan fingerprint density at radius 2 is 1.38 bits per heavy atom. The molecule has 4 aromatic rings. The quantitative estimate of drug-likeness (QED) is 0.441. The van der Waals surface area contributed by atoms with Gasteiger partial charge in [-0.15, -0.1) is 5.10 Å². The van der Waals surface area contributed by atoms with Crippen molar-refractivity contribution in [3.63, 3.8) is 0 Å². The molecule has 0 bridgehead atoms. The van der Waals surface area contributed by atoms with E-state index >= 15 is 0 Å². The number of rotatable bonds is 6. The molecule has 0 N–H and O–H groups in total. The Hall–Kier alpha value is -3.75. The molecule has 2 aliphatic rings. The maximum atomic E-state index is 5.69. The van der Waals surface area contributed by atoms with E-state index in [1.807, 2.05) is 53.2 Å². The Labute approximate surface area is 197 Å². The van der Waals surface area contributed by atoms with Crippen LogP contribution < -0.4 is 9.47 Å². The van der Waals surface area contributed by atoms with Crippen LogP contribution in [0.5, 0.6) is 11.5 Å². The van der Waals surface area contributed by atoms with Crippen molar-refractivity contribution in [3.8, 4) is 11.5 Å². The van der Waals surface area contributed by atoms with Gasteiger partial charge < -0.3 is 14.2 Å². The number of benzene rings is 3. The van der Waals surface area contributed by atoms with E-state index in [0.29, 0.717) is 13.2 Å². The Morgan fingerprint density at radius 3 is 2.09 bits per heavy atom. The van der Waals surface area contributed by atoms with Gasteiger partial charge in [0.05, 0.1) is 19.3 Å². The summed E-state index contributed by atoms with van der Waals surface area (Å²) < 4.78 is 18.8. The summed E-state index contributed by atoms with van der Waals surface area (Å²) in [4.78, 5) is 2.37. The van der Waals surface area contributed by atoms with Crippen molar-refractivity contribution >= 4 is 0 Å². The van der Waals surface area contributed by atoms with E-state index in [0.717, 1.165) is 47.1 Å². The minimum atomic E-state index is -0.164. The number of ether oxygens (including phenoxy) is 3. The van der Waals surface area contributed by atoms with E-state index in [4.69, 9.17) is 14.2 Å². The molecule has 0 radical (unpaired) electrons. The lowest BCUT2D eigenvalue weighted by atomic mass is 9.97. The molecular weight excluding hydrogens is 430 g/mol. The maximum absolute atomic E-state index is 5.69. The van der Waals surface area contributed by atoms with Crippen molar-refractivity contribution in [2.24, 2.45) is 0 Å². The van der Waals surface area contributed by atoms with Crippen molar-refractivity contribution in [2.75, 3.05) is 33.1 Å².